The highest BCUT2D eigenvalue weighted by atomic mass is 32.2. The van der Waals surface area contributed by atoms with Gasteiger partial charge in [-0.1, -0.05) is 6.07 Å². The number of nitro benzene ring substituents is 1. The molecule has 2 aromatic rings. The van der Waals surface area contributed by atoms with Gasteiger partial charge in [-0.05, 0) is 23.6 Å². The number of thiophene rings is 1. The number of hydrogen-bond donors (Lipinski definition) is 1. The minimum absolute atomic E-state index is 0.184. The maximum Gasteiger partial charge on any atom is 0.306 e. The molecule has 0 spiro atoms. The van der Waals surface area contributed by atoms with Gasteiger partial charge in [-0.2, -0.15) is 16.2 Å². The van der Waals surface area contributed by atoms with Crippen LogP contribution in [0.4, 0.5) is 10.1 Å². The largest absolute Gasteiger partial charge is 0.306 e. The van der Waals surface area contributed by atoms with Gasteiger partial charge in [-0.15, -0.1) is 11.3 Å². The van der Waals surface area contributed by atoms with Crippen LogP contribution in [-0.2, 0) is 15.8 Å². The standard InChI is InChI=1S/C13H13FN2O4S3/c14-12-4-3-11(8-13(12)16(17)18)23(19,20)15-5-7-21-9-10-2-1-6-22-10/h1-4,6,8,15H,5,7,9H2. The predicted molar refractivity (Wildman–Crippen MR) is 88.7 cm³/mol. The molecule has 0 amide bonds. The van der Waals surface area contributed by atoms with Crippen molar-refractivity contribution in [2.24, 2.45) is 0 Å². The molecule has 0 aliphatic carbocycles. The zero-order chi connectivity index (χ0) is 16.9. The molecule has 1 aromatic heterocycles. The molecule has 23 heavy (non-hydrogen) atoms. The molecule has 0 aliphatic heterocycles. The molecule has 1 aromatic carbocycles. The molecule has 124 valence electrons. The number of sulfonamides is 1. The van der Waals surface area contributed by atoms with E-state index in [1.165, 1.54) is 4.88 Å². The van der Waals surface area contributed by atoms with E-state index in [9.17, 15) is 22.9 Å². The number of halogens is 1. The fraction of sp³-hybridized carbons (Fsp3) is 0.231. The third kappa shape index (κ3) is 4.99. The lowest BCUT2D eigenvalue weighted by Crippen LogP contribution is -2.26. The molecule has 0 radical (unpaired) electrons. The quantitative estimate of drug-likeness (QED) is 0.435. The Hall–Kier alpha value is -1.49. The predicted octanol–water partition coefficient (Wildman–Crippen LogP) is 3.01. The minimum atomic E-state index is -3.90. The molecule has 6 nitrogen and oxygen atoms in total. The van der Waals surface area contributed by atoms with Crippen LogP contribution in [0.3, 0.4) is 0 Å². The zero-order valence-corrected chi connectivity index (χ0v) is 14.2. The molecule has 0 saturated heterocycles. The smallest absolute Gasteiger partial charge is 0.258 e. The summed E-state index contributed by atoms with van der Waals surface area (Å²) in [5.41, 5.74) is -0.861. The Morgan fingerprint density at radius 2 is 2.13 bits per heavy atom. The van der Waals surface area contributed by atoms with Gasteiger partial charge in [-0.25, -0.2) is 13.1 Å². The summed E-state index contributed by atoms with van der Waals surface area (Å²) in [6.07, 6.45) is 0. The Labute approximate surface area is 140 Å². The van der Waals surface area contributed by atoms with Gasteiger partial charge in [0, 0.05) is 29.0 Å². The molecular formula is C13H13FN2O4S3. The van der Waals surface area contributed by atoms with Crippen molar-refractivity contribution in [1.82, 2.24) is 4.72 Å². The second kappa shape index (κ2) is 7.86. The van der Waals surface area contributed by atoms with Gasteiger partial charge in [0.15, 0.2) is 0 Å². The van der Waals surface area contributed by atoms with Crippen molar-refractivity contribution >= 4 is 38.8 Å². The second-order valence-corrected chi connectivity index (χ2v) is 8.30. The maximum atomic E-state index is 13.2. The summed E-state index contributed by atoms with van der Waals surface area (Å²) in [5.74, 6) is 0.280. The van der Waals surface area contributed by atoms with Crippen molar-refractivity contribution in [2.45, 2.75) is 10.6 Å². The van der Waals surface area contributed by atoms with Crippen molar-refractivity contribution in [2.75, 3.05) is 12.3 Å². The summed E-state index contributed by atoms with van der Waals surface area (Å²) < 4.78 is 39.7. The van der Waals surface area contributed by atoms with Gasteiger partial charge >= 0.3 is 5.69 Å². The van der Waals surface area contributed by atoms with E-state index in [2.05, 4.69) is 4.72 Å². The average Bonchev–Trinajstić information content (AvgIpc) is 3.00. The van der Waals surface area contributed by atoms with Crippen molar-refractivity contribution < 1.29 is 17.7 Å². The lowest BCUT2D eigenvalue weighted by atomic mass is 10.3. The van der Waals surface area contributed by atoms with Crippen LogP contribution < -0.4 is 4.72 Å². The molecular weight excluding hydrogens is 363 g/mol. The van der Waals surface area contributed by atoms with E-state index < -0.39 is 26.5 Å². The minimum Gasteiger partial charge on any atom is -0.258 e. The number of benzene rings is 1. The second-order valence-electron chi connectivity index (χ2n) is 4.40. The number of thioether (sulfide) groups is 1. The summed E-state index contributed by atoms with van der Waals surface area (Å²) in [6.45, 7) is 0.184. The molecule has 2 rings (SSSR count). The number of rotatable bonds is 8. The van der Waals surface area contributed by atoms with Crippen LogP contribution in [0.5, 0.6) is 0 Å². The summed E-state index contributed by atoms with van der Waals surface area (Å²) >= 11 is 3.20. The van der Waals surface area contributed by atoms with E-state index in [1.807, 2.05) is 17.5 Å². The zero-order valence-electron chi connectivity index (χ0n) is 11.8. The summed E-state index contributed by atoms with van der Waals surface area (Å²) in [6, 6.07) is 6.45. The summed E-state index contributed by atoms with van der Waals surface area (Å²) in [4.78, 5) is 10.6. The normalized spacial score (nSPS) is 11.5. The highest BCUT2D eigenvalue weighted by molar-refractivity contribution is 7.98. The van der Waals surface area contributed by atoms with Gasteiger partial charge < -0.3 is 0 Å². The number of nitrogens with zero attached hydrogens (tertiary/aromatic N) is 1. The van der Waals surface area contributed by atoms with E-state index in [1.54, 1.807) is 23.1 Å². The first-order chi connectivity index (χ1) is 10.9. The summed E-state index contributed by atoms with van der Waals surface area (Å²) in [5, 5.41) is 12.6. The van der Waals surface area contributed by atoms with Crippen LogP contribution in [0.15, 0.2) is 40.6 Å². The van der Waals surface area contributed by atoms with Crippen LogP contribution >= 0.6 is 23.1 Å². The fourth-order valence-electron chi connectivity index (χ4n) is 1.70. The SMILES string of the molecule is O=[N+]([O-])c1cc(S(=O)(=O)NCCSCc2cccs2)ccc1F. The van der Waals surface area contributed by atoms with Crippen molar-refractivity contribution in [3.8, 4) is 0 Å². The fourth-order valence-corrected chi connectivity index (χ4v) is 4.58. The highest BCUT2D eigenvalue weighted by Crippen LogP contribution is 2.21. The highest BCUT2D eigenvalue weighted by Gasteiger charge is 2.21. The molecule has 1 heterocycles. The van der Waals surface area contributed by atoms with E-state index in [-0.39, 0.29) is 11.4 Å². The number of nitro groups is 1. The Balaban J connectivity index is 1.91. The van der Waals surface area contributed by atoms with E-state index in [4.69, 9.17) is 0 Å². The van der Waals surface area contributed by atoms with Gasteiger partial charge in [0.1, 0.15) is 0 Å². The van der Waals surface area contributed by atoms with Crippen molar-refractivity contribution in [1.29, 1.82) is 0 Å². The van der Waals surface area contributed by atoms with Crippen molar-refractivity contribution in [3.63, 3.8) is 0 Å². The van der Waals surface area contributed by atoms with Crippen LogP contribution in [0.1, 0.15) is 4.88 Å². The molecule has 0 atom stereocenters. The summed E-state index contributed by atoms with van der Waals surface area (Å²) in [7, 11) is -3.90. The first kappa shape index (κ1) is 17.9. The number of nitrogens with one attached hydrogen (secondary N) is 1. The molecule has 1 N–H and O–H groups in total. The number of hydrogen-bond acceptors (Lipinski definition) is 6. The lowest BCUT2D eigenvalue weighted by Gasteiger charge is -2.06. The molecule has 0 fully saturated rings. The van der Waals surface area contributed by atoms with Gasteiger partial charge in [0.05, 0.1) is 9.82 Å². The van der Waals surface area contributed by atoms with Gasteiger partial charge in [0.2, 0.25) is 15.8 Å². The first-order valence-electron chi connectivity index (χ1n) is 6.44. The van der Waals surface area contributed by atoms with E-state index >= 15 is 0 Å². The van der Waals surface area contributed by atoms with Crippen LogP contribution in [-0.4, -0.2) is 25.6 Å². The molecule has 0 saturated carbocycles. The van der Waals surface area contributed by atoms with Crippen LogP contribution in [0, 0.1) is 15.9 Å². The average molecular weight is 376 g/mol. The van der Waals surface area contributed by atoms with E-state index in [0.29, 0.717) is 5.75 Å². The third-order valence-electron chi connectivity index (χ3n) is 2.79. The third-order valence-corrected chi connectivity index (χ3v) is 6.31. The molecule has 10 heteroatoms. The monoisotopic (exact) mass is 376 g/mol. The van der Waals surface area contributed by atoms with Crippen molar-refractivity contribution in [3.05, 3.63) is 56.5 Å². The molecule has 0 aliphatic rings. The Bertz CT molecular complexity index is 779. The van der Waals surface area contributed by atoms with Gasteiger partial charge in [0.25, 0.3) is 0 Å². The van der Waals surface area contributed by atoms with E-state index in [0.717, 1.165) is 24.0 Å². The first-order valence-corrected chi connectivity index (χ1v) is 9.95. The molecule has 0 bridgehead atoms. The van der Waals surface area contributed by atoms with Gasteiger partial charge in [-0.3, -0.25) is 10.1 Å². The Kier molecular flexibility index (Phi) is 6.10. The molecule has 0 unspecified atom stereocenters. The maximum absolute atomic E-state index is 13.2. The lowest BCUT2D eigenvalue weighted by molar-refractivity contribution is -0.387. The Morgan fingerprint density at radius 3 is 2.78 bits per heavy atom. The van der Waals surface area contributed by atoms with Crippen LogP contribution in [0.25, 0.3) is 0 Å². The topological polar surface area (TPSA) is 89.3 Å². The Morgan fingerprint density at radius 1 is 1.35 bits per heavy atom. The van der Waals surface area contributed by atoms with Crippen LogP contribution in [0.2, 0.25) is 0 Å².